The van der Waals surface area contributed by atoms with Gasteiger partial charge in [-0.15, -0.1) is 6.58 Å². The van der Waals surface area contributed by atoms with Crippen molar-refractivity contribution in [3.63, 3.8) is 0 Å². The zero-order valence-corrected chi connectivity index (χ0v) is 26.0. The molecule has 1 aliphatic heterocycles. The number of ether oxygens (including phenoxy) is 2. The van der Waals surface area contributed by atoms with Crippen LogP contribution in [0.2, 0.25) is 0 Å². The first kappa shape index (κ1) is 41.3. The number of primary amides is 1. The average molecular weight is 579 g/mol. The van der Waals surface area contributed by atoms with Crippen LogP contribution < -0.4 is 20.5 Å². The Bertz CT molecular complexity index is 886. The van der Waals surface area contributed by atoms with E-state index in [9.17, 15) is 4.79 Å². The molecule has 0 saturated carbocycles. The average Bonchev–Trinajstić information content (AvgIpc) is 3.02. The van der Waals surface area contributed by atoms with Gasteiger partial charge < -0.3 is 30.5 Å². The number of hydrogen-bond acceptors (Lipinski definition) is 9. The number of rotatable bonds is 9. The fourth-order valence-electron chi connectivity index (χ4n) is 2.72. The molecule has 0 radical (unpaired) electrons. The lowest BCUT2D eigenvalue weighted by Gasteiger charge is -2.26. The smallest absolute Gasteiger partial charge is 0.250 e. The third-order valence-electron chi connectivity index (χ3n) is 4.69. The van der Waals surface area contributed by atoms with E-state index in [-0.39, 0.29) is 0 Å². The van der Waals surface area contributed by atoms with Crippen LogP contribution in [-0.4, -0.2) is 85.9 Å². The molecule has 2 heterocycles. The van der Waals surface area contributed by atoms with E-state index in [1.807, 2.05) is 32.1 Å². The first-order valence-electron chi connectivity index (χ1n) is 13.1. The van der Waals surface area contributed by atoms with Gasteiger partial charge >= 0.3 is 0 Å². The molecule has 0 aliphatic carbocycles. The van der Waals surface area contributed by atoms with Crippen molar-refractivity contribution in [1.29, 1.82) is 0 Å². The summed E-state index contributed by atoms with van der Waals surface area (Å²) in [6.07, 6.45) is 4.33. The Hall–Kier alpha value is -3.14. The Labute approximate surface area is 245 Å². The molecule has 1 aliphatic rings. The summed E-state index contributed by atoms with van der Waals surface area (Å²) in [5, 5.41) is 10.5. The molecule has 4 N–H and O–H groups in total. The van der Waals surface area contributed by atoms with E-state index >= 15 is 0 Å². The van der Waals surface area contributed by atoms with Gasteiger partial charge in [-0.2, -0.15) is 11.8 Å². The van der Waals surface area contributed by atoms with Crippen molar-refractivity contribution in [2.75, 3.05) is 59.0 Å². The summed E-state index contributed by atoms with van der Waals surface area (Å²) in [6.45, 7) is 17.8. The van der Waals surface area contributed by atoms with Gasteiger partial charge in [0.25, 0.3) is 0 Å². The van der Waals surface area contributed by atoms with Crippen LogP contribution >= 0.6 is 11.8 Å². The Kier molecular flexibility index (Phi) is 33.2. The van der Waals surface area contributed by atoms with E-state index in [1.165, 1.54) is 49.4 Å². The number of carbonyl (C=O) groups excluding carboxylic acids is 2. The van der Waals surface area contributed by atoms with E-state index in [2.05, 4.69) is 59.2 Å². The van der Waals surface area contributed by atoms with Gasteiger partial charge in [-0.3, -0.25) is 4.79 Å². The second kappa shape index (κ2) is 32.1. The first-order valence-corrected chi connectivity index (χ1v) is 14.2. The van der Waals surface area contributed by atoms with Crippen LogP contribution in [0.15, 0.2) is 61.8 Å². The van der Waals surface area contributed by atoms with Gasteiger partial charge in [-0.05, 0) is 36.8 Å². The van der Waals surface area contributed by atoms with Gasteiger partial charge in [-0.1, -0.05) is 39.0 Å². The highest BCUT2D eigenvalue weighted by Gasteiger charge is 2.08. The summed E-state index contributed by atoms with van der Waals surface area (Å²) in [7, 11) is 4.22. The van der Waals surface area contributed by atoms with Gasteiger partial charge in [0.15, 0.2) is 0 Å². The molecule has 2 aromatic rings. The summed E-state index contributed by atoms with van der Waals surface area (Å²) in [6, 6.07) is 11.4. The molecule has 0 spiro atoms. The van der Waals surface area contributed by atoms with E-state index < -0.39 is 5.91 Å². The van der Waals surface area contributed by atoms with Crippen molar-refractivity contribution < 1.29 is 24.2 Å². The summed E-state index contributed by atoms with van der Waals surface area (Å²) >= 11 is 2.06. The molecule has 3 rings (SSSR count). The van der Waals surface area contributed by atoms with E-state index in [4.69, 9.17) is 25.1 Å². The molecule has 40 heavy (non-hydrogen) atoms. The summed E-state index contributed by atoms with van der Waals surface area (Å²) in [5.41, 5.74) is 6.65. The van der Waals surface area contributed by atoms with Crippen molar-refractivity contribution in [1.82, 2.24) is 15.2 Å². The lowest BCUT2D eigenvalue weighted by atomic mass is 10.2. The lowest BCUT2D eigenvalue weighted by molar-refractivity contribution is 0.1000. The molecule has 9 nitrogen and oxygen atoms in total. The van der Waals surface area contributed by atoms with Crippen LogP contribution in [-0.2, 0) is 11.3 Å². The molecule has 1 amide bonds. The quantitative estimate of drug-likeness (QED) is 0.227. The molecule has 10 heteroatoms. The number of allylic oxidation sites excluding steroid dienone is 1. The highest BCUT2D eigenvalue weighted by atomic mass is 32.2. The fourth-order valence-corrected chi connectivity index (χ4v) is 3.70. The number of nitrogens with zero attached hydrogens (tertiary/aromatic N) is 2. The Morgan fingerprint density at radius 3 is 2.25 bits per heavy atom. The number of carbonyl (C=O) groups is 1. The number of nitrogens with one attached hydrogen (secondary N) is 1. The SMILES string of the molecule is C=C=O.C=CCC.CC.CO.COc1ccc(C(N)=O)cn1.COc1cccc(CNCCN2CCSCC2)c1. The largest absolute Gasteiger partial charge is 0.497 e. The van der Waals surface area contributed by atoms with Crippen molar-refractivity contribution >= 4 is 23.6 Å². The number of aliphatic hydroxyl groups is 1. The molecule has 1 saturated heterocycles. The monoisotopic (exact) mass is 578 g/mol. The number of methoxy groups -OCH3 is 2. The maximum atomic E-state index is 10.5. The van der Waals surface area contributed by atoms with Gasteiger partial charge in [0, 0.05) is 63.6 Å². The van der Waals surface area contributed by atoms with Crippen LogP contribution in [0.3, 0.4) is 0 Å². The third kappa shape index (κ3) is 23.9. The molecule has 0 bridgehead atoms. The van der Waals surface area contributed by atoms with Crippen molar-refractivity contribution in [3.8, 4) is 11.6 Å². The number of pyridine rings is 1. The first-order chi connectivity index (χ1) is 19.4. The topological polar surface area (TPSA) is 127 Å². The second-order valence-corrected chi connectivity index (χ2v) is 8.50. The van der Waals surface area contributed by atoms with E-state index in [0.717, 1.165) is 38.9 Å². The zero-order chi connectivity index (χ0) is 31.0. The molecule has 1 fully saturated rings. The van der Waals surface area contributed by atoms with Crippen LogP contribution in [0, 0.1) is 0 Å². The van der Waals surface area contributed by atoms with Crippen molar-refractivity contribution in [2.24, 2.45) is 5.73 Å². The number of thioether (sulfide) groups is 1. The Morgan fingerprint density at radius 1 is 1.20 bits per heavy atom. The van der Waals surface area contributed by atoms with Crippen LogP contribution in [0.5, 0.6) is 11.6 Å². The summed E-state index contributed by atoms with van der Waals surface area (Å²) in [5.74, 6) is 4.74. The normalized spacial score (nSPS) is 11.2. The molecule has 0 unspecified atom stereocenters. The highest BCUT2D eigenvalue weighted by molar-refractivity contribution is 7.99. The fraction of sp³-hybridized carbons (Fsp3) is 0.467. The molecular weight excluding hydrogens is 528 g/mol. The molecule has 1 aromatic carbocycles. The summed E-state index contributed by atoms with van der Waals surface area (Å²) < 4.78 is 10.0. The zero-order valence-electron chi connectivity index (χ0n) is 25.2. The number of benzene rings is 1. The van der Waals surface area contributed by atoms with Gasteiger partial charge in [0.1, 0.15) is 11.7 Å². The van der Waals surface area contributed by atoms with E-state index in [1.54, 1.807) is 19.2 Å². The van der Waals surface area contributed by atoms with Crippen molar-refractivity contribution in [2.45, 2.75) is 33.7 Å². The number of aromatic nitrogens is 1. The van der Waals surface area contributed by atoms with Gasteiger partial charge in [-0.25, -0.2) is 9.78 Å². The minimum atomic E-state index is -0.486. The van der Waals surface area contributed by atoms with Gasteiger partial charge in [0.05, 0.1) is 19.8 Å². The van der Waals surface area contributed by atoms with Gasteiger partial charge in [0.2, 0.25) is 11.8 Å². The molecular formula is C30H50N4O5S. The lowest BCUT2D eigenvalue weighted by Crippen LogP contribution is -2.37. The van der Waals surface area contributed by atoms with Crippen LogP contribution in [0.25, 0.3) is 0 Å². The number of hydrogen-bond donors (Lipinski definition) is 3. The van der Waals surface area contributed by atoms with E-state index in [0.29, 0.717) is 11.4 Å². The van der Waals surface area contributed by atoms with Crippen LogP contribution in [0.4, 0.5) is 0 Å². The molecule has 226 valence electrons. The molecule has 0 atom stereocenters. The number of amides is 1. The standard InChI is InChI=1S/C14H22N2OS.C7H8N2O2.C4H8.C2H2O.C2H6.CH4O/c1-17-14-4-2-3-13(11-14)12-15-5-6-16-7-9-18-10-8-16;1-11-6-3-2-5(4-9-6)7(8)10;1-3-4-2;1-2-3;2*1-2/h2-4,11,15H,5-10,12H2,1H3;2-4H,1H3,(H2,8,10);3H,1,4H2,2H3;1H2;1-2H3;2H,1H3. The Morgan fingerprint density at radius 2 is 1.80 bits per heavy atom. The third-order valence-corrected chi connectivity index (χ3v) is 5.63. The predicted molar refractivity (Wildman–Crippen MR) is 169 cm³/mol. The molecule has 1 aromatic heterocycles. The number of aliphatic hydroxyl groups excluding tert-OH is 1. The minimum absolute atomic E-state index is 0.380. The van der Waals surface area contributed by atoms with Crippen LogP contribution in [0.1, 0.15) is 43.1 Å². The Balaban J connectivity index is -0.000000530. The highest BCUT2D eigenvalue weighted by Crippen LogP contribution is 2.12. The maximum Gasteiger partial charge on any atom is 0.250 e. The second-order valence-electron chi connectivity index (χ2n) is 7.28. The summed E-state index contributed by atoms with van der Waals surface area (Å²) in [4.78, 5) is 25.4. The predicted octanol–water partition coefficient (Wildman–Crippen LogP) is 4.24. The maximum absolute atomic E-state index is 10.5. The van der Waals surface area contributed by atoms with Crippen molar-refractivity contribution in [3.05, 3.63) is 73.0 Å². The minimum Gasteiger partial charge on any atom is -0.497 e. The number of nitrogens with two attached hydrogens (primary N) is 1.